The zero-order chi connectivity index (χ0) is 8.01. The first kappa shape index (κ1) is 6.27. The Hall–Kier alpha value is -1.45. The molecule has 0 aliphatic heterocycles. The van der Waals surface area contributed by atoms with Crippen molar-refractivity contribution in [2.45, 2.75) is 6.92 Å². The summed E-state index contributed by atoms with van der Waals surface area (Å²) in [6.45, 7) is 1.93. The molecule has 0 saturated carbocycles. The number of hydrogen-bond donors (Lipinski definition) is 1. The van der Waals surface area contributed by atoms with Crippen molar-refractivity contribution in [3.63, 3.8) is 0 Å². The number of aromatic nitrogens is 2. The predicted molar refractivity (Wildman–Crippen MR) is 42.1 cm³/mol. The first-order valence-electron chi connectivity index (χ1n) is 3.36. The zero-order valence-electron chi connectivity index (χ0n) is 6.46. The number of imidazole rings is 1. The van der Waals surface area contributed by atoms with E-state index in [0.29, 0.717) is 5.88 Å². The summed E-state index contributed by atoms with van der Waals surface area (Å²) in [6.07, 6.45) is 1.57. The average Bonchev–Trinajstić information content (AvgIpc) is 2.41. The highest BCUT2D eigenvalue weighted by molar-refractivity contribution is 5.84. The van der Waals surface area contributed by atoms with E-state index in [4.69, 9.17) is 10.2 Å². The first-order chi connectivity index (χ1) is 5.20. The second kappa shape index (κ2) is 1.78. The van der Waals surface area contributed by atoms with Gasteiger partial charge in [-0.1, -0.05) is 0 Å². The van der Waals surface area contributed by atoms with Crippen molar-refractivity contribution in [2.24, 2.45) is 7.05 Å². The topological polar surface area (TPSA) is 57.0 Å². The normalized spacial score (nSPS) is 11.1. The van der Waals surface area contributed by atoms with Crippen LogP contribution in [-0.4, -0.2) is 9.55 Å². The molecule has 0 unspecified atom stereocenters. The molecule has 4 heteroatoms. The van der Waals surface area contributed by atoms with Gasteiger partial charge in [-0.3, -0.25) is 0 Å². The Labute approximate surface area is 63.6 Å². The van der Waals surface area contributed by atoms with Crippen LogP contribution in [0.1, 0.15) is 5.82 Å². The molecule has 2 heterocycles. The van der Waals surface area contributed by atoms with Crippen LogP contribution in [-0.2, 0) is 7.05 Å². The van der Waals surface area contributed by atoms with Gasteiger partial charge in [-0.05, 0) is 6.92 Å². The monoisotopic (exact) mass is 151 g/mol. The van der Waals surface area contributed by atoms with Gasteiger partial charge >= 0.3 is 0 Å². The molecular formula is C7H9N3O. The fourth-order valence-corrected chi connectivity index (χ4v) is 1.18. The van der Waals surface area contributed by atoms with Crippen molar-refractivity contribution >= 4 is 16.9 Å². The van der Waals surface area contributed by atoms with E-state index >= 15 is 0 Å². The van der Waals surface area contributed by atoms with E-state index in [9.17, 15) is 0 Å². The maximum atomic E-state index is 5.56. The highest BCUT2D eigenvalue weighted by Crippen LogP contribution is 2.22. The van der Waals surface area contributed by atoms with Gasteiger partial charge in [0, 0.05) is 7.05 Å². The summed E-state index contributed by atoms with van der Waals surface area (Å²) in [4.78, 5) is 4.22. The van der Waals surface area contributed by atoms with Crippen LogP contribution in [0.15, 0.2) is 10.7 Å². The van der Waals surface area contributed by atoms with Gasteiger partial charge in [-0.25, -0.2) is 4.98 Å². The summed E-state index contributed by atoms with van der Waals surface area (Å²) in [5, 5.41) is 0. The lowest BCUT2D eigenvalue weighted by molar-refractivity contribution is 0.588. The van der Waals surface area contributed by atoms with Gasteiger partial charge < -0.3 is 14.7 Å². The second-order valence-corrected chi connectivity index (χ2v) is 2.55. The van der Waals surface area contributed by atoms with Gasteiger partial charge in [0.25, 0.3) is 0 Å². The Morgan fingerprint density at radius 1 is 1.64 bits per heavy atom. The fourth-order valence-electron chi connectivity index (χ4n) is 1.18. The van der Waals surface area contributed by atoms with Crippen molar-refractivity contribution in [3.8, 4) is 0 Å². The molecule has 0 aromatic carbocycles. The van der Waals surface area contributed by atoms with Gasteiger partial charge in [0.15, 0.2) is 0 Å². The van der Waals surface area contributed by atoms with Gasteiger partial charge in [0.1, 0.15) is 23.1 Å². The maximum absolute atomic E-state index is 5.56. The number of anilines is 1. The molecule has 0 aliphatic carbocycles. The standard InChI is InChI=1S/C7H9N3O/c1-4-9-5-3-11-7(8)6(5)10(4)2/h3H,8H2,1-2H3. The summed E-state index contributed by atoms with van der Waals surface area (Å²) < 4.78 is 6.90. The number of furan rings is 1. The molecule has 0 saturated heterocycles. The van der Waals surface area contributed by atoms with E-state index in [1.807, 2.05) is 18.5 Å². The molecule has 0 aliphatic rings. The summed E-state index contributed by atoms with van der Waals surface area (Å²) in [5.74, 6) is 1.38. The summed E-state index contributed by atoms with van der Waals surface area (Å²) >= 11 is 0. The molecule has 58 valence electrons. The maximum Gasteiger partial charge on any atom is 0.216 e. The number of nitrogens with two attached hydrogens (primary N) is 1. The lowest BCUT2D eigenvalue weighted by Gasteiger charge is -1.93. The smallest absolute Gasteiger partial charge is 0.216 e. The van der Waals surface area contributed by atoms with Crippen LogP contribution in [0.5, 0.6) is 0 Å². The number of nitrogen functional groups attached to an aromatic ring is 1. The van der Waals surface area contributed by atoms with Crippen molar-refractivity contribution in [1.82, 2.24) is 9.55 Å². The van der Waals surface area contributed by atoms with Crippen molar-refractivity contribution in [2.75, 3.05) is 5.73 Å². The quantitative estimate of drug-likeness (QED) is 0.612. The Morgan fingerprint density at radius 3 is 3.00 bits per heavy atom. The van der Waals surface area contributed by atoms with E-state index in [2.05, 4.69) is 4.98 Å². The molecule has 4 nitrogen and oxygen atoms in total. The molecule has 2 aromatic rings. The van der Waals surface area contributed by atoms with Gasteiger partial charge in [-0.2, -0.15) is 0 Å². The highest BCUT2D eigenvalue weighted by atomic mass is 16.3. The molecule has 0 amide bonds. The molecule has 0 spiro atoms. The van der Waals surface area contributed by atoms with Gasteiger partial charge in [0.05, 0.1) is 0 Å². The van der Waals surface area contributed by atoms with Crippen LogP contribution in [0.3, 0.4) is 0 Å². The van der Waals surface area contributed by atoms with Crippen LogP contribution in [0.4, 0.5) is 5.88 Å². The minimum atomic E-state index is 0.433. The van der Waals surface area contributed by atoms with E-state index in [1.165, 1.54) is 0 Å². The van der Waals surface area contributed by atoms with E-state index < -0.39 is 0 Å². The number of aryl methyl sites for hydroxylation is 2. The van der Waals surface area contributed by atoms with Crippen molar-refractivity contribution in [1.29, 1.82) is 0 Å². The zero-order valence-corrected chi connectivity index (χ0v) is 6.46. The Bertz CT molecular complexity index is 399. The minimum Gasteiger partial charge on any atom is -0.445 e. The molecule has 0 radical (unpaired) electrons. The van der Waals surface area contributed by atoms with Gasteiger partial charge in [0.2, 0.25) is 5.88 Å². The van der Waals surface area contributed by atoms with Crippen LogP contribution in [0.25, 0.3) is 11.0 Å². The van der Waals surface area contributed by atoms with Crippen LogP contribution in [0, 0.1) is 6.92 Å². The summed E-state index contributed by atoms with van der Waals surface area (Å²) in [7, 11) is 1.91. The Morgan fingerprint density at radius 2 is 2.36 bits per heavy atom. The van der Waals surface area contributed by atoms with Crippen molar-refractivity contribution in [3.05, 3.63) is 12.1 Å². The SMILES string of the molecule is Cc1nc2coc(N)c2n1C. The third-order valence-electron chi connectivity index (χ3n) is 1.88. The molecule has 0 atom stereocenters. The average molecular weight is 151 g/mol. The molecule has 0 fully saturated rings. The fraction of sp³-hybridized carbons (Fsp3) is 0.286. The summed E-state index contributed by atoms with van der Waals surface area (Å²) in [6, 6.07) is 0. The van der Waals surface area contributed by atoms with Crippen LogP contribution >= 0.6 is 0 Å². The molecule has 2 aromatic heterocycles. The van der Waals surface area contributed by atoms with Crippen LogP contribution < -0.4 is 5.73 Å². The molecule has 11 heavy (non-hydrogen) atoms. The molecule has 0 bridgehead atoms. The third-order valence-corrected chi connectivity index (χ3v) is 1.88. The minimum absolute atomic E-state index is 0.433. The number of rotatable bonds is 0. The van der Waals surface area contributed by atoms with E-state index in [0.717, 1.165) is 16.9 Å². The lowest BCUT2D eigenvalue weighted by atomic mass is 10.5. The van der Waals surface area contributed by atoms with E-state index in [-0.39, 0.29) is 0 Å². The van der Waals surface area contributed by atoms with Crippen LogP contribution in [0.2, 0.25) is 0 Å². The first-order valence-corrected chi connectivity index (χ1v) is 3.36. The number of hydrogen-bond acceptors (Lipinski definition) is 3. The van der Waals surface area contributed by atoms with Crippen molar-refractivity contribution < 1.29 is 4.42 Å². The Balaban J connectivity index is 2.95. The molecule has 2 rings (SSSR count). The molecule has 2 N–H and O–H groups in total. The predicted octanol–water partition coefficient (Wildman–Crippen LogP) is 1.06. The largest absolute Gasteiger partial charge is 0.445 e. The number of fused-ring (bicyclic) bond motifs is 1. The highest BCUT2D eigenvalue weighted by Gasteiger charge is 2.09. The second-order valence-electron chi connectivity index (χ2n) is 2.55. The van der Waals surface area contributed by atoms with Gasteiger partial charge in [-0.15, -0.1) is 0 Å². The third kappa shape index (κ3) is 0.661. The lowest BCUT2D eigenvalue weighted by Crippen LogP contribution is -1.92. The number of nitrogens with zero attached hydrogens (tertiary/aromatic N) is 2. The Kier molecular flexibility index (Phi) is 1.01. The summed E-state index contributed by atoms with van der Waals surface area (Å²) in [5.41, 5.74) is 7.26. The van der Waals surface area contributed by atoms with E-state index in [1.54, 1.807) is 6.26 Å². The molecular weight excluding hydrogens is 142 g/mol.